The average Bonchev–Trinajstić information content (AvgIpc) is 2.31. The number of ether oxygens (including phenoxy) is 1. The number of rotatable bonds is 2. The first kappa shape index (κ1) is 13.3. The van der Waals surface area contributed by atoms with Gasteiger partial charge in [0.15, 0.2) is 0 Å². The maximum atomic E-state index is 12.0. The van der Waals surface area contributed by atoms with Crippen LogP contribution >= 0.6 is 0 Å². The van der Waals surface area contributed by atoms with Gasteiger partial charge in [0.1, 0.15) is 6.10 Å². The minimum absolute atomic E-state index is 0.0345. The number of pyridine rings is 1. The molecule has 0 atom stereocenters. The predicted molar refractivity (Wildman–Crippen MR) is 69.4 cm³/mol. The van der Waals surface area contributed by atoms with Crippen LogP contribution in [0.15, 0.2) is 18.3 Å². The van der Waals surface area contributed by atoms with E-state index in [-0.39, 0.29) is 17.4 Å². The summed E-state index contributed by atoms with van der Waals surface area (Å²) in [5.41, 5.74) is 0.163. The maximum absolute atomic E-state index is 12.0. The van der Waals surface area contributed by atoms with Crippen molar-refractivity contribution >= 4 is 5.91 Å². The predicted octanol–water partition coefficient (Wildman–Crippen LogP) is 1.59. The highest BCUT2D eigenvalue weighted by Crippen LogP contribution is 2.23. The third kappa shape index (κ3) is 3.02. The summed E-state index contributed by atoms with van der Waals surface area (Å²) >= 11 is 0. The molecule has 1 aromatic rings. The molecule has 1 aliphatic heterocycles. The molecule has 0 saturated carbocycles. The molecule has 0 spiro atoms. The first-order valence-corrected chi connectivity index (χ1v) is 6.22. The van der Waals surface area contributed by atoms with Gasteiger partial charge < -0.3 is 9.64 Å². The van der Waals surface area contributed by atoms with E-state index in [0.717, 1.165) is 0 Å². The molecule has 5 nitrogen and oxygen atoms in total. The standard InChI is InChI=1S/C14H17N3O2/c1-14(2,3)13(18)17-8-11(9-17)19-12-6-10(7-15)4-5-16-12/h4-6,11H,8-9H2,1-3H3. The summed E-state index contributed by atoms with van der Waals surface area (Å²) in [5.74, 6) is 0.568. The number of nitriles is 1. The molecule has 0 aromatic carbocycles. The highest BCUT2D eigenvalue weighted by molar-refractivity contribution is 5.82. The number of carbonyl (C=O) groups is 1. The van der Waals surface area contributed by atoms with Crippen molar-refractivity contribution in [2.45, 2.75) is 26.9 Å². The van der Waals surface area contributed by atoms with E-state index in [9.17, 15) is 4.79 Å². The van der Waals surface area contributed by atoms with Gasteiger partial charge in [-0.2, -0.15) is 5.26 Å². The Morgan fingerprint density at radius 1 is 1.53 bits per heavy atom. The molecule has 2 rings (SSSR count). The fourth-order valence-corrected chi connectivity index (χ4v) is 1.87. The molecule has 0 bridgehead atoms. The van der Waals surface area contributed by atoms with Gasteiger partial charge in [-0.15, -0.1) is 0 Å². The lowest BCUT2D eigenvalue weighted by Gasteiger charge is -2.41. The van der Waals surface area contributed by atoms with Crippen molar-refractivity contribution in [2.24, 2.45) is 5.41 Å². The number of aromatic nitrogens is 1. The van der Waals surface area contributed by atoms with Crippen LogP contribution in [-0.4, -0.2) is 35.0 Å². The Balaban J connectivity index is 1.88. The smallest absolute Gasteiger partial charge is 0.228 e. The molecule has 1 aromatic heterocycles. The van der Waals surface area contributed by atoms with Crippen molar-refractivity contribution in [3.05, 3.63) is 23.9 Å². The van der Waals surface area contributed by atoms with E-state index < -0.39 is 0 Å². The number of carbonyl (C=O) groups excluding carboxylic acids is 1. The van der Waals surface area contributed by atoms with Crippen molar-refractivity contribution in [2.75, 3.05) is 13.1 Å². The monoisotopic (exact) mass is 259 g/mol. The lowest BCUT2D eigenvalue weighted by atomic mass is 9.93. The number of likely N-dealkylation sites (tertiary alicyclic amines) is 1. The zero-order valence-corrected chi connectivity index (χ0v) is 11.4. The Morgan fingerprint density at radius 2 is 2.21 bits per heavy atom. The van der Waals surface area contributed by atoms with Gasteiger partial charge in [0.25, 0.3) is 0 Å². The Morgan fingerprint density at radius 3 is 2.79 bits per heavy atom. The summed E-state index contributed by atoms with van der Waals surface area (Å²) < 4.78 is 5.63. The molecule has 2 heterocycles. The molecular formula is C14H17N3O2. The first-order valence-electron chi connectivity index (χ1n) is 6.22. The Labute approximate surface area is 112 Å². The zero-order chi connectivity index (χ0) is 14.0. The van der Waals surface area contributed by atoms with E-state index in [4.69, 9.17) is 10.00 Å². The molecule has 0 unspecified atom stereocenters. The fourth-order valence-electron chi connectivity index (χ4n) is 1.87. The summed E-state index contributed by atoms with van der Waals surface area (Å²) in [4.78, 5) is 17.8. The summed E-state index contributed by atoms with van der Waals surface area (Å²) in [6, 6.07) is 5.27. The van der Waals surface area contributed by atoms with E-state index in [1.807, 2.05) is 26.8 Å². The van der Waals surface area contributed by atoms with Gasteiger partial charge in [-0.1, -0.05) is 20.8 Å². The lowest BCUT2D eigenvalue weighted by molar-refractivity contribution is -0.148. The number of nitrogens with zero attached hydrogens (tertiary/aromatic N) is 3. The maximum Gasteiger partial charge on any atom is 0.228 e. The van der Waals surface area contributed by atoms with Gasteiger partial charge in [-0.05, 0) is 6.07 Å². The number of amides is 1. The summed E-state index contributed by atoms with van der Waals surface area (Å²) in [6.07, 6.45) is 1.51. The molecule has 0 aliphatic carbocycles. The number of hydrogen-bond donors (Lipinski definition) is 0. The van der Waals surface area contributed by atoms with Gasteiger partial charge >= 0.3 is 0 Å². The molecule has 0 N–H and O–H groups in total. The highest BCUT2D eigenvalue weighted by atomic mass is 16.5. The summed E-state index contributed by atoms with van der Waals surface area (Å²) in [6.45, 7) is 6.87. The van der Waals surface area contributed by atoms with Crippen LogP contribution in [0.1, 0.15) is 26.3 Å². The van der Waals surface area contributed by atoms with Crippen LogP contribution < -0.4 is 4.74 Å². The first-order chi connectivity index (χ1) is 8.90. The molecule has 5 heteroatoms. The van der Waals surface area contributed by atoms with Gasteiger partial charge in [0.2, 0.25) is 11.8 Å². The van der Waals surface area contributed by atoms with E-state index in [1.54, 1.807) is 23.2 Å². The van der Waals surface area contributed by atoms with Gasteiger partial charge in [0, 0.05) is 17.7 Å². The zero-order valence-electron chi connectivity index (χ0n) is 11.4. The van der Waals surface area contributed by atoms with Crippen LogP contribution in [0.2, 0.25) is 0 Å². The molecule has 0 radical (unpaired) electrons. The summed E-state index contributed by atoms with van der Waals surface area (Å²) in [7, 11) is 0. The minimum Gasteiger partial charge on any atom is -0.471 e. The topological polar surface area (TPSA) is 66.2 Å². The van der Waals surface area contributed by atoms with E-state index >= 15 is 0 Å². The van der Waals surface area contributed by atoms with Crippen LogP contribution in [0, 0.1) is 16.7 Å². The van der Waals surface area contributed by atoms with Crippen LogP contribution in [0.5, 0.6) is 5.88 Å². The molecule has 100 valence electrons. The Hall–Kier alpha value is -2.09. The van der Waals surface area contributed by atoms with Crippen LogP contribution in [-0.2, 0) is 4.79 Å². The third-order valence-corrected chi connectivity index (χ3v) is 2.93. The SMILES string of the molecule is CC(C)(C)C(=O)N1CC(Oc2cc(C#N)ccn2)C1. The second-order valence-corrected chi connectivity index (χ2v) is 5.69. The largest absolute Gasteiger partial charge is 0.471 e. The van der Waals surface area contributed by atoms with E-state index in [2.05, 4.69) is 4.98 Å². The third-order valence-electron chi connectivity index (χ3n) is 2.93. The van der Waals surface area contributed by atoms with Gasteiger partial charge in [-0.25, -0.2) is 4.98 Å². The lowest BCUT2D eigenvalue weighted by Crippen LogP contribution is -2.58. The van der Waals surface area contributed by atoms with E-state index in [1.165, 1.54) is 0 Å². The van der Waals surface area contributed by atoms with Gasteiger partial charge in [-0.3, -0.25) is 4.79 Å². The van der Waals surface area contributed by atoms with E-state index in [0.29, 0.717) is 24.5 Å². The average molecular weight is 259 g/mol. The molecule has 1 saturated heterocycles. The second kappa shape index (κ2) is 4.88. The molecule has 1 aliphatic rings. The van der Waals surface area contributed by atoms with Crippen LogP contribution in [0.4, 0.5) is 0 Å². The molecule has 1 amide bonds. The normalized spacial score (nSPS) is 15.6. The fraction of sp³-hybridized carbons (Fsp3) is 0.500. The molecular weight excluding hydrogens is 242 g/mol. The summed E-state index contributed by atoms with van der Waals surface area (Å²) in [5, 5.41) is 8.79. The second-order valence-electron chi connectivity index (χ2n) is 5.69. The minimum atomic E-state index is -0.357. The number of hydrogen-bond acceptors (Lipinski definition) is 4. The van der Waals surface area contributed by atoms with Crippen molar-refractivity contribution in [3.63, 3.8) is 0 Å². The Bertz CT molecular complexity index is 522. The van der Waals surface area contributed by atoms with Crippen molar-refractivity contribution in [1.29, 1.82) is 5.26 Å². The quantitative estimate of drug-likeness (QED) is 0.809. The van der Waals surface area contributed by atoms with Crippen LogP contribution in [0.3, 0.4) is 0 Å². The van der Waals surface area contributed by atoms with Crippen molar-refractivity contribution in [1.82, 2.24) is 9.88 Å². The Kier molecular flexibility index (Phi) is 3.43. The van der Waals surface area contributed by atoms with Crippen molar-refractivity contribution in [3.8, 4) is 11.9 Å². The highest BCUT2D eigenvalue weighted by Gasteiger charge is 2.37. The van der Waals surface area contributed by atoms with Crippen molar-refractivity contribution < 1.29 is 9.53 Å². The van der Waals surface area contributed by atoms with Gasteiger partial charge in [0.05, 0.1) is 24.7 Å². The molecule has 19 heavy (non-hydrogen) atoms. The van der Waals surface area contributed by atoms with Crippen LogP contribution in [0.25, 0.3) is 0 Å². The molecule has 1 fully saturated rings.